The van der Waals surface area contributed by atoms with Crippen molar-refractivity contribution in [1.82, 2.24) is 20.2 Å². The number of halogens is 2. The van der Waals surface area contributed by atoms with Gasteiger partial charge in [-0.3, -0.25) is 4.79 Å². The molecule has 0 bridgehead atoms. The van der Waals surface area contributed by atoms with Crippen molar-refractivity contribution in [3.8, 4) is 17.1 Å². The van der Waals surface area contributed by atoms with Gasteiger partial charge < -0.3 is 9.67 Å². The zero-order chi connectivity index (χ0) is 24.2. The number of benzene rings is 2. The van der Waals surface area contributed by atoms with Gasteiger partial charge in [0, 0.05) is 22.1 Å². The second-order valence-electron chi connectivity index (χ2n) is 8.29. The fourth-order valence-electron chi connectivity index (χ4n) is 3.03. The molecule has 174 valence electrons. The Morgan fingerprint density at radius 1 is 1.21 bits per heavy atom. The molecule has 7 nitrogen and oxygen atoms in total. The van der Waals surface area contributed by atoms with E-state index in [9.17, 15) is 9.90 Å². The van der Waals surface area contributed by atoms with Gasteiger partial charge in [0.05, 0.1) is 16.4 Å². The van der Waals surface area contributed by atoms with E-state index in [4.69, 9.17) is 0 Å². The molecule has 1 aromatic heterocycles. The number of hydrogen-bond donors (Lipinski definition) is 2. The van der Waals surface area contributed by atoms with E-state index in [1.165, 1.54) is 23.5 Å². The Kier molecular flexibility index (Phi) is 8.36. The predicted octanol–water partition coefficient (Wildman–Crippen LogP) is 5.74. The number of nitrogens with one attached hydrogen (secondary N) is 1. The molecule has 3 rings (SSSR count). The Labute approximate surface area is 214 Å². The SMILES string of the molecule is CCn1c(SCC(=O)N/N=C\c2cc(Br)cc(Br)c2O)nnc1-c1ccc(C(C)(C)C)cc1. The number of hydrazone groups is 1. The molecule has 1 heterocycles. The van der Waals surface area contributed by atoms with Crippen LogP contribution < -0.4 is 5.43 Å². The minimum absolute atomic E-state index is 0.0460. The van der Waals surface area contributed by atoms with Gasteiger partial charge in [-0.2, -0.15) is 5.10 Å². The number of phenolic OH excluding ortho intramolecular Hbond substituents is 1. The Morgan fingerprint density at radius 3 is 2.55 bits per heavy atom. The number of thioether (sulfide) groups is 1. The number of aromatic hydroxyl groups is 1. The number of carbonyl (C=O) groups excluding carboxylic acids is 1. The molecule has 3 aromatic rings. The second kappa shape index (κ2) is 10.8. The molecule has 0 atom stereocenters. The van der Waals surface area contributed by atoms with Crippen LogP contribution in [0.2, 0.25) is 0 Å². The first kappa shape index (κ1) is 25.5. The highest BCUT2D eigenvalue weighted by Crippen LogP contribution is 2.31. The molecular weight excluding hydrogens is 570 g/mol. The number of rotatable bonds is 7. The van der Waals surface area contributed by atoms with Gasteiger partial charge >= 0.3 is 0 Å². The molecule has 0 saturated heterocycles. The number of phenols is 1. The minimum atomic E-state index is -0.286. The first-order valence-electron chi connectivity index (χ1n) is 10.3. The first-order chi connectivity index (χ1) is 15.6. The molecule has 0 saturated carbocycles. The van der Waals surface area contributed by atoms with Crippen molar-refractivity contribution in [3.63, 3.8) is 0 Å². The van der Waals surface area contributed by atoms with Crippen LogP contribution in [0.25, 0.3) is 11.4 Å². The van der Waals surface area contributed by atoms with Gasteiger partial charge in [0.1, 0.15) is 5.75 Å². The molecule has 1 amide bonds. The van der Waals surface area contributed by atoms with Gasteiger partial charge in [0.15, 0.2) is 11.0 Å². The number of amides is 1. The summed E-state index contributed by atoms with van der Waals surface area (Å²) in [6, 6.07) is 11.8. The van der Waals surface area contributed by atoms with E-state index in [0.717, 1.165) is 15.9 Å². The summed E-state index contributed by atoms with van der Waals surface area (Å²) in [4.78, 5) is 12.2. The maximum absolute atomic E-state index is 12.2. The molecular formula is C23H25Br2N5O2S. The first-order valence-corrected chi connectivity index (χ1v) is 12.8. The van der Waals surface area contributed by atoms with Crippen LogP contribution in [0, 0.1) is 0 Å². The largest absolute Gasteiger partial charge is 0.506 e. The van der Waals surface area contributed by atoms with Crippen molar-refractivity contribution < 1.29 is 9.90 Å². The van der Waals surface area contributed by atoms with E-state index >= 15 is 0 Å². The van der Waals surface area contributed by atoms with Crippen LogP contribution in [0.3, 0.4) is 0 Å². The number of hydrogen-bond acceptors (Lipinski definition) is 6. The van der Waals surface area contributed by atoms with E-state index in [0.29, 0.717) is 21.7 Å². The number of carbonyl (C=O) groups is 1. The Balaban J connectivity index is 1.64. The van der Waals surface area contributed by atoms with E-state index in [1.807, 2.05) is 11.5 Å². The third-order valence-electron chi connectivity index (χ3n) is 4.83. The molecule has 0 radical (unpaired) electrons. The van der Waals surface area contributed by atoms with Crippen LogP contribution in [0.5, 0.6) is 5.75 Å². The fraction of sp³-hybridized carbons (Fsp3) is 0.304. The zero-order valence-corrected chi connectivity index (χ0v) is 22.8. The summed E-state index contributed by atoms with van der Waals surface area (Å²) in [6.07, 6.45) is 1.39. The summed E-state index contributed by atoms with van der Waals surface area (Å²) >= 11 is 7.92. The molecule has 10 heteroatoms. The van der Waals surface area contributed by atoms with Crippen LogP contribution in [-0.2, 0) is 16.8 Å². The highest BCUT2D eigenvalue weighted by Gasteiger charge is 2.17. The lowest BCUT2D eigenvalue weighted by Crippen LogP contribution is -2.20. The molecule has 0 fully saturated rings. The topological polar surface area (TPSA) is 92.4 Å². The van der Waals surface area contributed by atoms with Gasteiger partial charge in [-0.05, 0) is 46.0 Å². The highest BCUT2D eigenvalue weighted by molar-refractivity contribution is 9.11. The van der Waals surface area contributed by atoms with Gasteiger partial charge in [-0.15, -0.1) is 10.2 Å². The quantitative estimate of drug-likeness (QED) is 0.207. The maximum atomic E-state index is 12.2. The van der Waals surface area contributed by atoms with Crippen molar-refractivity contribution in [2.45, 2.75) is 44.8 Å². The molecule has 2 aromatic carbocycles. The fourth-order valence-corrected chi connectivity index (χ4v) is 5.09. The second-order valence-corrected chi connectivity index (χ2v) is 11.0. The lowest BCUT2D eigenvalue weighted by molar-refractivity contribution is -0.118. The Hall–Kier alpha value is -2.17. The third kappa shape index (κ3) is 6.45. The highest BCUT2D eigenvalue weighted by atomic mass is 79.9. The van der Waals surface area contributed by atoms with Gasteiger partial charge in [0.25, 0.3) is 5.91 Å². The van der Waals surface area contributed by atoms with Gasteiger partial charge in [-0.1, -0.05) is 72.7 Å². The van der Waals surface area contributed by atoms with Gasteiger partial charge in [0.2, 0.25) is 0 Å². The monoisotopic (exact) mass is 593 g/mol. The molecule has 2 N–H and O–H groups in total. The smallest absolute Gasteiger partial charge is 0.250 e. The molecule has 0 unspecified atom stereocenters. The van der Waals surface area contributed by atoms with E-state index < -0.39 is 0 Å². The standard InChI is InChI=1S/C23H25Br2N5O2S/c1-5-30-21(14-6-8-16(9-7-14)23(2,3)4)28-29-22(30)33-13-19(31)27-26-12-15-10-17(24)11-18(25)20(15)32/h6-12,32H,5,13H2,1-4H3,(H,27,31)/b26-12-. The summed E-state index contributed by atoms with van der Waals surface area (Å²) in [7, 11) is 0. The van der Waals surface area contributed by atoms with Gasteiger partial charge in [-0.25, -0.2) is 5.43 Å². The molecule has 0 aliphatic carbocycles. The normalized spacial score (nSPS) is 11.8. The average Bonchev–Trinajstić information content (AvgIpc) is 3.18. The predicted molar refractivity (Wildman–Crippen MR) is 140 cm³/mol. The van der Waals surface area contributed by atoms with Crippen LogP contribution in [0.1, 0.15) is 38.8 Å². The maximum Gasteiger partial charge on any atom is 0.250 e. The summed E-state index contributed by atoms with van der Waals surface area (Å²) in [6.45, 7) is 9.25. The molecule has 0 spiro atoms. The van der Waals surface area contributed by atoms with Crippen molar-refractivity contribution >= 4 is 55.7 Å². The van der Waals surface area contributed by atoms with E-state index in [2.05, 4.69) is 97.6 Å². The Morgan fingerprint density at radius 2 is 1.91 bits per heavy atom. The van der Waals surface area contributed by atoms with Crippen LogP contribution in [0.15, 0.2) is 55.6 Å². The third-order valence-corrected chi connectivity index (χ3v) is 6.85. The van der Waals surface area contributed by atoms with Crippen LogP contribution in [-0.4, -0.2) is 37.7 Å². The zero-order valence-electron chi connectivity index (χ0n) is 18.8. The summed E-state index contributed by atoms with van der Waals surface area (Å²) in [5.41, 5.74) is 5.27. The van der Waals surface area contributed by atoms with Crippen LogP contribution >= 0.6 is 43.6 Å². The van der Waals surface area contributed by atoms with Crippen LogP contribution in [0.4, 0.5) is 0 Å². The van der Waals surface area contributed by atoms with E-state index in [1.54, 1.807) is 12.1 Å². The number of aromatic nitrogens is 3. The van der Waals surface area contributed by atoms with Crippen molar-refractivity contribution in [3.05, 3.63) is 56.5 Å². The number of nitrogens with zero attached hydrogens (tertiary/aromatic N) is 4. The summed E-state index contributed by atoms with van der Waals surface area (Å²) in [5.74, 6) is 0.665. The molecule has 33 heavy (non-hydrogen) atoms. The lowest BCUT2D eigenvalue weighted by Gasteiger charge is -2.19. The lowest BCUT2D eigenvalue weighted by atomic mass is 9.87. The van der Waals surface area contributed by atoms with Crippen molar-refractivity contribution in [2.75, 3.05) is 5.75 Å². The Bertz CT molecular complexity index is 1170. The average molecular weight is 595 g/mol. The van der Waals surface area contributed by atoms with Crippen molar-refractivity contribution in [2.24, 2.45) is 5.10 Å². The molecule has 0 aliphatic rings. The minimum Gasteiger partial charge on any atom is -0.506 e. The molecule has 0 aliphatic heterocycles. The summed E-state index contributed by atoms with van der Waals surface area (Å²) in [5, 5.41) is 23.3. The van der Waals surface area contributed by atoms with E-state index in [-0.39, 0.29) is 22.8 Å². The van der Waals surface area contributed by atoms with Crippen molar-refractivity contribution in [1.29, 1.82) is 0 Å². The summed E-state index contributed by atoms with van der Waals surface area (Å²) < 4.78 is 3.30.